The molecule has 0 radical (unpaired) electrons. The van der Waals surface area contributed by atoms with Gasteiger partial charge >= 0.3 is 0 Å². The van der Waals surface area contributed by atoms with Crippen molar-refractivity contribution >= 4 is 17.3 Å². The van der Waals surface area contributed by atoms with E-state index in [9.17, 15) is 4.79 Å². The van der Waals surface area contributed by atoms with Gasteiger partial charge in [0.1, 0.15) is 5.54 Å². The second kappa shape index (κ2) is 2.74. The Morgan fingerprint density at radius 1 is 1.29 bits per heavy atom. The molecule has 14 heavy (non-hydrogen) atoms. The third kappa shape index (κ3) is 1.25. The lowest BCUT2D eigenvalue weighted by Gasteiger charge is -2.33. The molecule has 0 aromatic heterocycles. The minimum Gasteiger partial charge on any atom is -0.370 e. The average molecular weight is 190 g/mol. The van der Waals surface area contributed by atoms with Crippen LogP contribution in [0, 0.1) is 6.92 Å². The summed E-state index contributed by atoms with van der Waals surface area (Å²) >= 11 is 0. The number of hydrogen-bond acceptors (Lipinski definition) is 2. The first-order valence-corrected chi connectivity index (χ1v) is 4.70. The molecule has 1 amide bonds. The molecule has 2 N–H and O–H groups in total. The number of aryl methyl sites for hydroxylation is 1. The van der Waals surface area contributed by atoms with Crippen molar-refractivity contribution in [2.24, 2.45) is 0 Å². The van der Waals surface area contributed by atoms with Crippen molar-refractivity contribution in [3.8, 4) is 0 Å². The Balaban J connectivity index is 2.51. The highest BCUT2D eigenvalue weighted by atomic mass is 16.2. The number of carbonyl (C=O) groups is 1. The third-order valence-corrected chi connectivity index (χ3v) is 2.53. The number of nitrogens with one attached hydrogen (secondary N) is 2. The lowest BCUT2D eigenvalue weighted by atomic mass is 9.98. The van der Waals surface area contributed by atoms with Gasteiger partial charge in [-0.3, -0.25) is 4.79 Å². The maximum atomic E-state index is 11.6. The summed E-state index contributed by atoms with van der Waals surface area (Å²) < 4.78 is 0. The predicted molar refractivity (Wildman–Crippen MR) is 57.5 cm³/mol. The second-order valence-corrected chi connectivity index (χ2v) is 4.20. The van der Waals surface area contributed by atoms with Crippen LogP contribution in [0.25, 0.3) is 0 Å². The van der Waals surface area contributed by atoms with E-state index in [1.807, 2.05) is 39.0 Å². The summed E-state index contributed by atoms with van der Waals surface area (Å²) in [5.74, 6) is 0.00981. The van der Waals surface area contributed by atoms with E-state index in [1.165, 1.54) is 0 Å². The summed E-state index contributed by atoms with van der Waals surface area (Å²) in [6, 6.07) is 5.87. The summed E-state index contributed by atoms with van der Waals surface area (Å²) in [5.41, 5.74) is 2.51. The van der Waals surface area contributed by atoms with Crippen LogP contribution in [0.1, 0.15) is 19.4 Å². The number of para-hydroxylation sites is 1. The molecule has 0 bridgehead atoms. The van der Waals surface area contributed by atoms with E-state index in [0.717, 1.165) is 16.9 Å². The maximum Gasteiger partial charge on any atom is 0.249 e. The number of carbonyl (C=O) groups excluding carboxylic acids is 1. The van der Waals surface area contributed by atoms with Crippen molar-refractivity contribution in [1.82, 2.24) is 0 Å². The van der Waals surface area contributed by atoms with Crippen molar-refractivity contribution in [2.75, 3.05) is 10.6 Å². The van der Waals surface area contributed by atoms with E-state index < -0.39 is 5.54 Å². The number of fused-ring (bicyclic) bond motifs is 1. The Kier molecular flexibility index (Phi) is 1.77. The van der Waals surface area contributed by atoms with Crippen molar-refractivity contribution in [3.05, 3.63) is 23.8 Å². The van der Waals surface area contributed by atoms with Crippen molar-refractivity contribution < 1.29 is 4.79 Å². The molecule has 0 aliphatic carbocycles. The van der Waals surface area contributed by atoms with E-state index in [2.05, 4.69) is 10.6 Å². The lowest BCUT2D eigenvalue weighted by molar-refractivity contribution is -0.119. The summed E-state index contributed by atoms with van der Waals surface area (Å²) in [4.78, 5) is 11.6. The van der Waals surface area contributed by atoms with Gasteiger partial charge in [0.2, 0.25) is 5.91 Å². The zero-order chi connectivity index (χ0) is 10.3. The predicted octanol–water partition coefficient (Wildman–Crippen LogP) is 2.14. The highest BCUT2D eigenvalue weighted by Gasteiger charge is 2.33. The van der Waals surface area contributed by atoms with Gasteiger partial charge in [0.15, 0.2) is 0 Å². The van der Waals surface area contributed by atoms with Gasteiger partial charge in [-0.2, -0.15) is 0 Å². The minimum atomic E-state index is -0.529. The molecule has 0 atom stereocenters. The van der Waals surface area contributed by atoms with Gasteiger partial charge in [0, 0.05) is 0 Å². The molecule has 0 saturated carbocycles. The first kappa shape index (κ1) is 9.06. The van der Waals surface area contributed by atoms with Crippen molar-refractivity contribution in [3.63, 3.8) is 0 Å². The molecule has 3 nitrogen and oxygen atoms in total. The second-order valence-electron chi connectivity index (χ2n) is 4.20. The number of rotatable bonds is 0. The summed E-state index contributed by atoms with van der Waals surface area (Å²) in [6.07, 6.45) is 0. The van der Waals surface area contributed by atoms with Crippen LogP contribution in [0.15, 0.2) is 18.2 Å². The molecular formula is C11H14N2O. The quantitative estimate of drug-likeness (QED) is 0.658. The molecule has 1 aromatic carbocycles. The molecule has 1 heterocycles. The Bertz CT molecular complexity index is 396. The fraction of sp³-hybridized carbons (Fsp3) is 0.364. The first-order valence-electron chi connectivity index (χ1n) is 4.70. The van der Waals surface area contributed by atoms with Gasteiger partial charge in [0.25, 0.3) is 0 Å². The molecule has 1 aliphatic heterocycles. The molecule has 0 spiro atoms. The Morgan fingerprint density at radius 3 is 2.71 bits per heavy atom. The largest absolute Gasteiger partial charge is 0.370 e. The molecular weight excluding hydrogens is 176 g/mol. The number of anilines is 2. The van der Waals surface area contributed by atoms with Crippen LogP contribution in [0.5, 0.6) is 0 Å². The van der Waals surface area contributed by atoms with Crippen LogP contribution < -0.4 is 10.6 Å². The van der Waals surface area contributed by atoms with Crippen molar-refractivity contribution in [1.29, 1.82) is 0 Å². The van der Waals surface area contributed by atoms with Gasteiger partial charge < -0.3 is 10.6 Å². The smallest absolute Gasteiger partial charge is 0.249 e. The van der Waals surface area contributed by atoms with Crippen LogP contribution >= 0.6 is 0 Å². The SMILES string of the molecule is Cc1cccc2c1NC(C)(C)C(=O)N2. The van der Waals surface area contributed by atoms with Gasteiger partial charge in [-0.25, -0.2) is 0 Å². The standard InChI is InChI=1S/C11H14N2O/c1-7-5-4-6-8-9(7)13-11(2,3)10(14)12-8/h4-6,13H,1-3H3,(H,12,14). The summed E-state index contributed by atoms with van der Waals surface area (Å²) in [5, 5.41) is 6.13. The van der Waals surface area contributed by atoms with E-state index in [4.69, 9.17) is 0 Å². The molecule has 0 fully saturated rings. The monoisotopic (exact) mass is 190 g/mol. The molecule has 74 valence electrons. The topological polar surface area (TPSA) is 41.1 Å². The summed E-state index contributed by atoms with van der Waals surface area (Å²) in [6.45, 7) is 5.77. The Morgan fingerprint density at radius 2 is 2.00 bits per heavy atom. The van der Waals surface area contributed by atoms with Gasteiger partial charge in [-0.05, 0) is 32.4 Å². The summed E-state index contributed by atoms with van der Waals surface area (Å²) in [7, 11) is 0. The number of hydrogen-bond donors (Lipinski definition) is 2. The fourth-order valence-corrected chi connectivity index (χ4v) is 1.59. The normalized spacial score (nSPS) is 18.1. The Labute approximate surface area is 83.5 Å². The zero-order valence-electron chi connectivity index (χ0n) is 8.64. The maximum absolute atomic E-state index is 11.6. The van der Waals surface area contributed by atoms with E-state index >= 15 is 0 Å². The minimum absolute atomic E-state index is 0.00981. The Hall–Kier alpha value is -1.51. The van der Waals surface area contributed by atoms with Gasteiger partial charge in [0.05, 0.1) is 11.4 Å². The molecule has 2 rings (SSSR count). The zero-order valence-corrected chi connectivity index (χ0v) is 8.64. The van der Waals surface area contributed by atoms with Crippen LogP contribution in [-0.4, -0.2) is 11.4 Å². The number of amides is 1. The van der Waals surface area contributed by atoms with Crippen molar-refractivity contribution in [2.45, 2.75) is 26.3 Å². The van der Waals surface area contributed by atoms with E-state index in [1.54, 1.807) is 0 Å². The average Bonchev–Trinajstić information content (AvgIpc) is 2.09. The molecule has 1 aliphatic rings. The van der Waals surface area contributed by atoms with Crippen LogP contribution in [-0.2, 0) is 4.79 Å². The molecule has 0 unspecified atom stereocenters. The van der Waals surface area contributed by atoms with Crippen LogP contribution in [0.2, 0.25) is 0 Å². The molecule has 1 aromatic rings. The molecule has 0 saturated heterocycles. The van der Waals surface area contributed by atoms with E-state index in [-0.39, 0.29) is 5.91 Å². The van der Waals surface area contributed by atoms with Gasteiger partial charge in [-0.1, -0.05) is 12.1 Å². The number of benzene rings is 1. The lowest BCUT2D eigenvalue weighted by Crippen LogP contribution is -2.47. The fourth-order valence-electron chi connectivity index (χ4n) is 1.59. The van der Waals surface area contributed by atoms with Gasteiger partial charge in [-0.15, -0.1) is 0 Å². The van der Waals surface area contributed by atoms with Crippen LogP contribution in [0.4, 0.5) is 11.4 Å². The third-order valence-electron chi connectivity index (χ3n) is 2.53. The van der Waals surface area contributed by atoms with Crippen LogP contribution in [0.3, 0.4) is 0 Å². The first-order chi connectivity index (χ1) is 6.50. The molecule has 3 heteroatoms. The highest BCUT2D eigenvalue weighted by Crippen LogP contribution is 2.32. The van der Waals surface area contributed by atoms with E-state index in [0.29, 0.717) is 0 Å². The highest BCUT2D eigenvalue weighted by molar-refractivity contribution is 6.05.